The fourth-order valence-electron chi connectivity index (χ4n) is 2.33. The van der Waals surface area contributed by atoms with E-state index in [1.165, 1.54) is 16.5 Å². The van der Waals surface area contributed by atoms with Crippen molar-refractivity contribution in [1.29, 1.82) is 0 Å². The largest absolute Gasteiger partial charge is 0.481 e. The van der Waals surface area contributed by atoms with Crippen LogP contribution < -0.4 is 0 Å². The molecule has 0 aliphatic heterocycles. The highest BCUT2D eigenvalue weighted by Gasteiger charge is 2.27. The number of carboxylic acids is 1. The van der Waals surface area contributed by atoms with Crippen LogP contribution in [0, 0.1) is 12.3 Å². The highest BCUT2D eigenvalue weighted by Crippen LogP contribution is 2.26. The maximum atomic E-state index is 11.2. The Morgan fingerprint density at radius 2 is 2.06 bits per heavy atom. The van der Waals surface area contributed by atoms with Crippen molar-refractivity contribution in [1.82, 2.24) is 4.57 Å². The molecule has 96 valence electrons. The number of benzene rings is 1. The molecule has 3 heteroatoms. The van der Waals surface area contributed by atoms with Crippen molar-refractivity contribution in [2.45, 2.75) is 27.2 Å². The number of aryl methyl sites for hydroxylation is 2. The second-order valence-electron chi connectivity index (χ2n) is 5.64. The lowest BCUT2D eigenvalue weighted by Crippen LogP contribution is -2.26. The summed E-state index contributed by atoms with van der Waals surface area (Å²) in [7, 11) is 2.02. The molecule has 0 saturated heterocycles. The number of rotatable bonds is 3. The number of carboxylic acid groups (broad SMARTS) is 1. The van der Waals surface area contributed by atoms with E-state index < -0.39 is 11.4 Å². The maximum absolute atomic E-state index is 11.2. The number of aromatic nitrogens is 1. The van der Waals surface area contributed by atoms with Gasteiger partial charge >= 0.3 is 5.97 Å². The Morgan fingerprint density at radius 3 is 2.67 bits per heavy atom. The third-order valence-corrected chi connectivity index (χ3v) is 3.48. The van der Waals surface area contributed by atoms with Crippen molar-refractivity contribution in [3.8, 4) is 0 Å². The van der Waals surface area contributed by atoms with E-state index in [0.717, 1.165) is 5.56 Å². The summed E-state index contributed by atoms with van der Waals surface area (Å²) in [6.45, 7) is 5.60. The first kappa shape index (κ1) is 12.7. The molecule has 0 aliphatic carbocycles. The number of nitrogens with zero attached hydrogens (tertiary/aromatic N) is 1. The fourth-order valence-corrected chi connectivity index (χ4v) is 2.33. The summed E-state index contributed by atoms with van der Waals surface area (Å²) in [6.07, 6.45) is 2.64. The minimum absolute atomic E-state index is 0.548. The molecule has 3 nitrogen and oxygen atoms in total. The van der Waals surface area contributed by atoms with Crippen LogP contribution in [0.4, 0.5) is 0 Å². The van der Waals surface area contributed by atoms with Gasteiger partial charge < -0.3 is 9.67 Å². The van der Waals surface area contributed by atoms with Crippen LogP contribution in [-0.4, -0.2) is 15.6 Å². The Hall–Kier alpha value is -1.77. The van der Waals surface area contributed by atoms with Crippen LogP contribution in [0.2, 0.25) is 0 Å². The van der Waals surface area contributed by atoms with E-state index in [9.17, 15) is 9.90 Å². The molecule has 0 aliphatic rings. The maximum Gasteiger partial charge on any atom is 0.309 e. The van der Waals surface area contributed by atoms with Gasteiger partial charge in [0, 0.05) is 24.1 Å². The summed E-state index contributed by atoms with van der Waals surface area (Å²) in [4.78, 5) is 11.2. The van der Waals surface area contributed by atoms with Gasteiger partial charge in [-0.15, -0.1) is 0 Å². The summed E-state index contributed by atoms with van der Waals surface area (Å²) in [5.74, 6) is -0.757. The van der Waals surface area contributed by atoms with E-state index in [1.807, 2.05) is 13.1 Å². The average molecular weight is 245 g/mol. The third kappa shape index (κ3) is 2.13. The Balaban J connectivity index is 2.42. The van der Waals surface area contributed by atoms with Crippen LogP contribution >= 0.6 is 0 Å². The van der Waals surface area contributed by atoms with Gasteiger partial charge in [-0.25, -0.2) is 0 Å². The Kier molecular flexibility index (Phi) is 2.93. The molecule has 2 aromatic rings. The van der Waals surface area contributed by atoms with Crippen LogP contribution in [0.15, 0.2) is 24.4 Å². The van der Waals surface area contributed by atoms with Gasteiger partial charge in [-0.3, -0.25) is 4.79 Å². The molecule has 0 amide bonds. The van der Waals surface area contributed by atoms with Crippen molar-refractivity contribution < 1.29 is 9.90 Å². The molecule has 2 rings (SSSR count). The summed E-state index contributed by atoms with van der Waals surface area (Å²) >= 11 is 0. The molecule has 1 aromatic carbocycles. The quantitative estimate of drug-likeness (QED) is 0.902. The van der Waals surface area contributed by atoms with Gasteiger partial charge in [0.1, 0.15) is 0 Å². The van der Waals surface area contributed by atoms with E-state index >= 15 is 0 Å². The van der Waals surface area contributed by atoms with Crippen molar-refractivity contribution in [2.75, 3.05) is 0 Å². The van der Waals surface area contributed by atoms with Gasteiger partial charge in [0.15, 0.2) is 0 Å². The van der Waals surface area contributed by atoms with Gasteiger partial charge in [-0.1, -0.05) is 6.07 Å². The predicted octanol–water partition coefficient (Wildman–Crippen LogP) is 3.14. The molecular formula is C15H19NO2. The number of fused-ring (bicyclic) bond motifs is 1. The minimum Gasteiger partial charge on any atom is -0.481 e. The molecule has 0 fully saturated rings. The standard InChI is InChI=1S/C15H19NO2/c1-10-9-16(4)13-6-5-11(7-12(10)13)8-15(2,3)14(17)18/h5-7,9H,8H2,1-4H3,(H,17,18). The zero-order valence-electron chi connectivity index (χ0n) is 11.3. The highest BCUT2D eigenvalue weighted by molar-refractivity contribution is 5.84. The van der Waals surface area contributed by atoms with E-state index in [4.69, 9.17) is 0 Å². The first-order chi connectivity index (χ1) is 8.31. The van der Waals surface area contributed by atoms with Crippen molar-refractivity contribution in [3.05, 3.63) is 35.5 Å². The van der Waals surface area contributed by atoms with Gasteiger partial charge in [0.25, 0.3) is 0 Å². The number of carbonyl (C=O) groups is 1. The Morgan fingerprint density at radius 1 is 1.39 bits per heavy atom. The van der Waals surface area contributed by atoms with Crippen LogP contribution in [-0.2, 0) is 18.3 Å². The fraction of sp³-hybridized carbons (Fsp3) is 0.400. The zero-order valence-corrected chi connectivity index (χ0v) is 11.3. The monoisotopic (exact) mass is 245 g/mol. The SMILES string of the molecule is Cc1cn(C)c2ccc(CC(C)(C)C(=O)O)cc12. The molecule has 1 N–H and O–H groups in total. The van der Waals surface area contributed by atoms with E-state index in [-0.39, 0.29) is 0 Å². The predicted molar refractivity (Wildman–Crippen MR) is 72.8 cm³/mol. The summed E-state index contributed by atoms with van der Waals surface area (Å²) in [5.41, 5.74) is 2.76. The van der Waals surface area contributed by atoms with Gasteiger partial charge in [0.2, 0.25) is 0 Å². The van der Waals surface area contributed by atoms with Gasteiger partial charge in [0.05, 0.1) is 5.41 Å². The molecule has 0 atom stereocenters. The number of aliphatic carboxylic acids is 1. The first-order valence-corrected chi connectivity index (χ1v) is 6.09. The van der Waals surface area contributed by atoms with E-state index in [1.54, 1.807) is 13.8 Å². The van der Waals surface area contributed by atoms with Gasteiger partial charge in [-0.05, 0) is 50.5 Å². The summed E-state index contributed by atoms with van der Waals surface area (Å²) in [5, 5.41) is 10.4. The number of hydrogen-bond donors (Lipinski definition) is 1. The van der Waals surface area contributed by atoms with Crippen LogP contribution in [0.3, 0.4) is 0 Å². The molecule has 0 saturated carbocycles. The molecule has 18 heavy (non-hydrogen) atoms. The third-order valence-electron chi connectivity index (χ3n) is 3.48. The molecule has 0 unspecified atom stereocenters. The molecule has 1 aromatic heterocycles. The highest BCUT2D eigenvalue weighted by atomic mass is 16.4. The molecular weight excluding hydrogens is 226 g/mol. The second kappa shape index (κ2) is 4.16. The second-order valence-corrected chi connectivity index (χ2v) is 5.64. The van der Waals surface area contributed by atoms with Crippen molar-refractivity contribution >= 4 is 16.9 Å². The first-order valence-electron chi connectivity index (χ1n) is 6.09. The molecule has 1 heterocycles. The molecule has 0 bridgehead atoms. The average Bonchev–Trinajstić information content (AvgIpc) is 2.54. The summed E-state index contributed by atoms with van der Waals surface area (Å²) < 4.78 is 2.09. The lowest BCUT2D eigenvalue weighted by Gasteiger charge is -2.19. The normalized spacial score (nSPS) is 12.0. The summed E-state index contributed by atoms with van der Waals surface area (Å²) in [6, 6.07) is 6.19. The van der Waals surface area contributed by atoms with E-state index in [2.05, 4.69) is 29.8 Å². The van der Waals surface area contributed by atoms with Crippen LogP contribution in [0.25, 0.3) is 10.9 Å². The van der Waals surface area contributed by atoms with E-state index in [0.29, 0.717) is 6.42 Å². The molecule has 0 spiro atoms. The zero-order chi connectivity index (χ0) is 13.5. The lowest BCUT2D eigenvalue weighted by atomic mass is 9.85. The van der Waals surface area contributed by atoms with Crippen molar-refractivity contribution in [3.63, 3.8) is 0 Å². The Labute approximate surface area is 107 Å². The Bertz CT molecular complexity index is 608. The lowest BCUT2D eigenvalue weighted by molar-refractivity contribution is -0.146. The van der Waals surface area contributed by atoms with Crippen LogP contribution in [0.1, 0.15) is 25.0 Å². The van der Waals surface area contributed by atoms with Gasteiger partial charge in [-0.2, -0.15) is 0 Å². The van der Waals surface area contributed by atoms with Crippen LogP contribution in [0.5, 0.6) is 0 Å². The minimum atomic E-state index is -0.757. The smallest absolute Gasteiger partial charge is 0.309 e. The number of hydrogen-bond acceptors (Lipinski definition) is 1. The van der Waals surface area contributed by atoms with Crippen molar-refractivity contribution in [2.24, 2.45) is 12.5 Å². The molecule has 0 radical (unpaired) electrons. The topological polar surface area (TPSA) is 42.2 Å².